The van der Waals surface area contributed by atoms with E-state index < -0.39 is 10.0 Å². The zero-order chi connectivity index (χ0) is 17.9. The Bertz CT molecular complexity index is 937. The number of rotatable bonds is 6. The number of para-hydroxylation sites is 1. The lowest BCUT2D eigenvalue weighted by molar-refractivity contribution is 0.482. The first-order chi connectivity index (χ1) is 11.9. The van der Waals surface area contributed by atoms with Gasteiger partial charge in [-0.3, -0.25) is 4.72 Å². The van der Waals surface area contributed by atoms with E-state index in [0.29, 0.717) is 11.5 Å². The van der Waals surface area contributed by atoms with Crippen molar-refractivity contribution in [1.29, 1.82) is 0 Å². The number of nitrogens with one attached hydrogen (secondary N) is 1. The van der Waals surface area contributed by atoms with Gasteiger partial charge in [0, 0.05) is 5.92 Å². The zero-order valence-electron chi connectivity index (χ0n) is 13.7. The van der Waals surface area contributed by atoms with Crippen LogP contribution in [0, 0.1) is 0 Å². The molecule has 0 aliphatic carbocycles. The van der Waals surface area contributed by atoms with Crippen LogP contribution in [-0.4, -0.2) is 18.6 Å². The van der Waals surface area contributed by atoms with Crippen LogP contribution in [-0.2, 0) is 10.0 Å². The molecule has 0 fully saturated rings. The molecule has 0 bridgehead atoms. The summed E-state index contributed by atoms with van der Waals surface area (Å²) in [6.45, 7) is 3.95. The Labute approximate surface area is 150 Å². The summed E-state index contributed by atoms with van der Waals surface area (Å²) in [4.78, 5) is 0.134. The summed E-state index contributed by atoms with van der Waals surface area (Å²) in [7, 11) is -3.71. The van der Waals surface area contributed by atoms with Crippen LogP contribution in [0.5, 0.6) is 11.5 Å². The average Bonchev–Trinajstić information content (AvgIpc) is 3.04. The molecule has 0 aliphatic rings. The van der Waals surface area contributed by atoms with E-state index in [1.165, 1.54) is 23.5 Å². The number of aromatic nitrogens is 2. The van der Waals surface area contributed by atoms with Crippen LogP contribution in [0.1, 0.15) is 24.8 Å². The van der Waals surface area contributed by atoms with Crippen LogP contribution in [0.4, 0.5) is 5.13 Å². The van der Waals surface area contributed by atoms with E-state index in [9.17, 15) is 8.42 Å². The monoisotopic (exact) mass is 375 g/mol. The topological polar surface area (TPSA) is 81.2 Å². The summed E-state index contributed by atoms with van der Waals surface area (Å²) < 4.78 is 33.0. The quantitative estimate of drug-likeness (QED) is 0.696. The normalized spacial score (nSPS) is 11.5. The molecule has 1 N–H and O–H groups in total. The van der Waals surface area contributed by atoms with Crippen molar-refractivity contribution in [3.05, 3.63) is 59.6 Å². The molecule has 2 aromatic carbocycles. The first-order valence-corrected chi connectivity index (χ1v) is 9.93. The Morgan fingerprint density at radius 2 is 1.60 bits per heavy atom. The predicted molar refractivity (Wildman–Crippen MR) is 97.8 cm³/mol. The van der Waals surface area contributed by atoms with Gasteiger partial charge in [0.05, 0.1) is 4.90 Å². The third-order valence-electron chi connectivity index (χ3n) is 3.27. The van der Waals surface area contributed by atoms with Gasteiger partial charge in [-0.2, -0.15) is 0 Å². The summed E-state index contributed by atoms with van der Waals surface area (Å²) in [6.07, 6.45) is 0. The van der Waals surface area contributed by atoms with Gasteiger partial charge in [0.25, 0.3) is 10.0 Å². The fourth-order valence-corrected chi connectivity index (χ4v) is 3.97. The SMILES string of the molecule is CC(C)c1nnc(NS(=O)(=O)c2ccc(Oc3ccccc3)cc2)s1. The molecule has 1 aromatic heterocycles. The number of anilines is 1. The molecule has 0 spiro atoms. The highest BCUT2D eigenvalue weighted by atomic mass is 32.2. The maximum absolute atomic E-state index is 12.4. The molecule has 0 atom stereocenters. The second-order valence-corrected chi connectivity index (χ2v) is 8.28. The predicted octanol–water partition coefficient (Wildman–Crippen LogP) is 4.25. The minimum Gasteiger partial charge on any atom is -0.457 e. The van der Waals surface area contributed by atoms with Gasteiger partial charge in [-0.15, -0.1) is 10.2 Å². The number of sulfonamides is 1. The van der Waals surface area contributed by atoms with E-state index in [1.54, 1.807) is 12.1 Å². The minimum atomic E-state index is -3.71. The van der Waals surface area contributed by atoms with Crippen LogP contribution >= 0.6 is 11.3 Å². The van der Waals surface area contributed by atoms with Crippen molar-refractivity contribution in [2.45, 2.75) is 24.7 Å². The average molecular weight is 375 g/mol. The second-order valence-electron chi connectivity index (χ2n) is 5.59. The van der Waals surface area contributed by atoms with Crippen LogP contribution in [0.3, 0.4) is 0 Å². The molecule has 0 aliphatic heterocycles. The second kappa shape index (κ2) is 7.20. The van der Waals surface area contributed by atoms with Crippen molar-refractivity contribution in [3.63, 3.8) is 0 Å². The van der Waals surface area contributed by atoms with Crippen molar-refractivity contribution < 1.29 is 13.2 Å². The fourth-order valence-electron chi connectivity index (χ4n) is 1.99. The molecule has 1 heterocycles. The zero-order valence-corrected chi connectivity index (χ0v) is 15.3. The molecule has 6 nitrogen and oxygen atoms in total. The molecule has 3 aromatic rings. The van der Waals surface area contributed by atoms with Crippen LogP contribution in [0.15, 0.2) is 59.5 Å². The highest BCUT2D eigenvalue weighted by Crippen LogP contribution is 2.26. The lowest BCUT2D eigenvalue weighted by Gasteiger charge is -2.07. The molecule has 0 saturated carbocycles. The molecular weight excluding hydrogens is 358 g/mol. The van der Waals surface area contributed by atoms with Crippen LogP contribution < -0.4 is 9.46 Å². The molecule has 8 heteroatoms. The first-order valence-electron chi connectivity index (χ1n) is 7.63. The number of hydrogen-bond acceptors (Lipinski definition) is 6. The lowest BCUT2D eigenvalue weighted by atomic mass is 10.2. The Hall–Kier alpha value is -2.45. The van der Waals surface area contributed by atoms with Gasteiger partial charge in [-0.25, -0.2) is 8.42 Å². The van der Waals surface area contributed by atoms with Gasteiger partial charge in [-0.1, -0.05) is 43.4 Å². The van der Waals surface area contributed by atoms with Crippen LogP contribution in [0.2, 0.25) is 0 Å². The van der Waals surface area contributed by atoms with Crippen molar-refractivity contribution in [3.8, 4) is 11.5 Å². The number of benzene rings is 2. The number of nitrogens with zero attached hydrogens (tertiary/aromatic N) is 2. The summed E-state index contributed by atoms with van der Waals surface area (Å²) in [5.41, 5.74) is 0. The smallest absolute Gasteiger partial charge is 0.263 e. The highest BCUT2D eigenvalue weighted by molar-refractivity contribution is 7.93. The maximum atomic E-state index is 12.4. The lowest BCUT2D eigenvalue weighted by Crippen LogP contribution is -2.12. The van der Waals surface area contributed by atoms with E-state index in [0.717, 1.165) is 5.01 Å². The molecule has 0 amide bonds. The number of ether oxygens (including phenoxy) is 1. The summed E-state index contributed by atoms with van der Waals surface area (Å²) >= 11 is 1.23. The molecule has 25 heavy (non-hydrogen) atoms. The maximum Gasteiger partial charge on any atom is 0.263 e. The third kappa shape index (κ3) is 4.34. The Morgan fingerprint density at radius 3 is 2.20 bits per heavy atom. The molecule has 0 unspecified atom stereocenters. The molecule has 130 valence electrons. The van der Waals surface area contributed by atoms with Gasteiger partial charge in [0.2, 0.25) is 5.13 Å². The molecule has 3 rings (SSSR count). The van der Waals surface area contributed by atoms with E-state index in [1.807, 2.05) is 44.2 Å². The first kappa shape index (κ1) is 17.4. The van der Waals surface area contributed by atoms with E-state index in [2.05, 4.69) is 14.9 Å². The third-order valence-corrected chi connectivity index (χ3v) is 5.89. The fraction of sp³-hybridized carbons (Fsp3) is 0.176. The molecular formula is C17H17N3O3S2. The van der Waals surface area contributed by atoms with Crippen LogP contribution in [0.25, 0.3) is 0 Å². The van der Waals surface area contributed by atoms with E-state index >= 15 is 0 Å². The van der Waals surface area contributed by atoms with Gasteiger partial charge in [0.15, 0.2) is 0 Å². The summed E-state index contributed by atoms with van der Waals surface area (Å²) in [5, 5.41) is 8.89. The Morgan fingerprint density at radius 1 is 0.960 bits per heavy atom. The molecule has 0 radical (unpaired) electrons. The van der Waals surface area contributed by atoms with Gasteiger partial charge >= 0.3 is 0 Å². The van der Waals surface area contributed by atoms with Crippen molar-refractivity contribution in [2.24, 2.45) is 0 Å². The van der Waals surface area contributed by atoms with Gasteiger partial charge in [-0.05, 0) is 36.4 Å². The van der Waals surface area contributed by atoms with Gasteiger partial charge < -0.3 is 4.74 Å². The van der Waals surface area contributed by atoms with E-state index in [4.69, 9.17) is 4.74 Å². The summed E-state index contributed by atoms with van der Waals surface area (Å²) in [6, 6.07) is 15.5. The van der Waals surface area contributed by atoms with Gasteiger partial charge in [0.1, 0.15) is 16.5 Å². The van der Waals surface area contributed by atoms with E-state index in [-0.39, 0.29) is 15.9 Å². The number of hydrogen-bond donors (Lipinski definition) is 1. The Kier molecular flexibility index (Phi) is 5.00. The summed E-state index contributed by atoms with van der Waals surface area (Å²) in [5.74, 6) is 1.44. The molecule has 0 saturated heterocycles. The minimum absolute atomic E-state index is 0.134. The van der Waals surface area contributed by atoms with Crippen molar-refractivity contribution >= 4 is 26.5 Å². The largest absolute Gasteiger partial charge is 0.457 e. The van der Waals surface area contributed by atoms with Crippen molar-refractivity contribution in [1.82, 2.24) is 10.2 Å². The van der Waals surface area contributed by atoms with Crippen molar-refractivity contribution in [2.75, 3.05) is 4.72 Å². The highest BCUT2D eigenvalue weighted by Gasteiger charge is 2.17. The standard InChI is InChI=1S/C17H17N3O3S2/c1-12(2)16-18-19-17(24-16)20-25(21,22)15-10-8-14(9-11-15)23-13-6-4-3-5-7-13/h3-12H,1-2H3,(H,19,20). The Balaban J connectivity index is 1.73.